The maximum atomic E-state index is 5.86. The number of aryl methyl sites for hydroxylation is 1. The molecule has 1 saturated heterocycles. The molecule has 1 saturated carbocycles. The first-order valence-electron chi connectivity index (χ1n) is 7.44. The summed E-state index contributed by atoms with van der Waals surface area (Å²) in [7, 11) is 0. The molecule has 0 aromatic heterocycles. The van der Waals surface area contributed by atoms with Crippen LogP contribution in [0.15, 0.2) is 24.3 Å². The molecule has 19 heavy (non-hydrogen) atoms. The van der Waals surface area contributed by atoms with Crippen LogP contribution in [0.25, 0.3) is 0 Å². The summed E-state index contributed by atoms with van der Waals surface area (Å²) in [4.78, 5) is 0. The molecule has 1 aromatic carbocycles. The Bertz CT molecular complexity index is 468. The summed E-state index contributed by atoms with van der Waals surface area (Å²) in [6, 6.07) is 9.80. The lowest BCUT2D eigenvalue weighted by atomic mass is 9.57. The van der Waals surface area contributed by atoms with E-state index in [1.807, 2.05) is 0 Å². The highest BCUT2D eigenvalue weighted by atomic mass is 16.5. The Morgan fingerprint density at radius 1 is 1.37 bits per heavy atom. The Balaban J connectivity index is 1.71. The summed E-state index contributed by atoms with van der Waals surface area (Å²) in [6.07, 6.45) is 1.68. The molecule has 1 N–H and O–H groups in total. The average Bonchev–Trinajstić information content (AvgIpc) is 2.82. The molecule has 1 aromatic rings. The molecule has 2 fully saturated rings. The molecule has 1 aliphatic carbocycles. The van der Waals surface area contributed by atoms with Gasteiger partial charge in [0.15, 0.2) is 0 Å². The number of ether oxygens (including phenoxy) is 1. The molecule has 104 valence electrons. The van der Waals surface area contributed by atoms with Crippen LogP contribution in [0.4, 0.5) is 0 Å². The second-order valence-corrected chi connectivity index (χ2v) is 6.85. The molecule has 2 nitrogen and oxygen atoms in total. The first kappa shape index (κ1) is 13.1. The van der Waals surface area contributed by atoms with Crippen LogP contribution >= 0.6 is 0 Å². The number of hydrogen-bond acceptors (Lipinski definition) is 2. The molecule has 3 unspecified atom stereocenters. The zero-order chi connectivity index (χ0) is 13.6. The summed E-state index contributed by atoms with van der Waals surface area (Å²) in [5.41, 5.74) is 2.98. The lowest BCUT2D eigenvalue weighted by Crippen LogP contribution is -2.66. The van der Waals surface area contributed by atoms with Crippen molar-refractivity contribution in [3.05, 3.63) is 35.4 Å². The van der Waals surface area contributed by atoms with Crippen LogP contribution in [0, 0.1) is 18.3 Å². The lowest BCUT2D eigenvalue weighted by molar-refractivity contribution is -0.115. The normalized spacial score (nSPS) is 33.6. The Morgan fingerprint density at radius 2 is 2.16 bits per heavy atom. The molecule has 1 heterocycles. The van der Waals surface area contributed by atoms with Gasteiger partial charge in [-0.25, -0.2) is 0 Å². The van der Waals surface area contributed by atoms with Gasteiger partial charge in [-0.05, 0) is 25.8 Å². The maximum Gasteiger partial charge on any atom is 0.0685 e. The zero-order valence-electron chi connectivity index (χ0n) is 12.4. The predicted molar refractivity (Wildman–Crippen MR) is 78.1 cm³/mol. The van der Waals surface area contributed by atoms with Crippen molar-refractivity contribution < 1.29 is 4.74 Å². The SMILES string of the molecule is Cc1cccc([C@@H](C)NC2C3CCOC3C2(C)C)c1. The third kappa shape index (κ3) is 2.11. The first-order chi connectivity index (χ1) is 9.00. The van der Waals surface area contributed by atoms with Crippen molar-refractivity contribution in [1.82, 2.24) is 5.32 Å². The molecule has 1 aliphatic heterocycles. The molecular weight excluding hydrogens is 234 g/mol. The molecule has 0 bridgehead atoms. The molecular formula is C17H25NO. The van der Waals surface area contributed by atoms with E-state index in [0.29, 0.717) is 24.1 Å². The van der Waals surface area contributed by atoms with Gasteiger partial charge in [-0.15, -0.1) is 0 Å². The number of benzene rings is 1. The van der Waals surface area contributed by atoms with E-state index in [4.69, 9.17) is 4.74 Å². The minimum atomic E-state index is 0.263. The fourth-order valence-electron chi connectivity index (χ4n) is 3.97. The van der Waals surface area contributed by atoms with Gasteiger partial charge in [-0.1, -0.05) is 43.7 Å². The lowest BCUT2D eigenvalue weighted by Gasteiger charge is -2.55. The van der Waals surface area contributed by atoms with Gasteiger partial charge in [0.1, 0.15) is 0 Å². The van der Waals surface area contributed by atoms with Crippen LogP contribution in [-0.4, -0.2) is 18.8 Å². The summed E-state index contributed by atoms with van der Waals surface area (Å²) in [6.45, 7) is 10.0. The molecule has 2 aliphatic rings. The topological polar surface area (TPSA) is 21.3 Å². The highest BCUT2D eigenvalue weighted by molar-refractivity contribution is 5.25. The van der Waals surface area contributed by atoms with Gasteiger partial charge < -0.3 is 10.1 Å². The van der Waals surface area contributed by atoms with Crippen LogP contribution in [0.1, 0.15) is 44.4 Å². The van der Waals surface area contributed by atoms with E-state index in [1.165, 1.54) is 17.5 Å². The minimum Gasteiger partial charge on any atom is -0.377 e. The predicted octanol–water partition coefficient (Wildman–Crippen LogP) is 3.46. The van der Waals surface area contributed by atoms with E-state index in [-0.39, 0.29) is 5.41 Å². The third-order valence-electron chi connectivity index (χ3n) is 5.07. The van der Waals surface area contributed by atoms with Gasteiger partial charge >= 0.3 is 0 Å². The Kier molecular flexibility index (Phi) is 3.18. The molecule has 0 spiro atoms. The summed E-state index contributed by atoms with van der Waals surface area (Å²) in [5, 5.41) is 3.84. The van der Waals surface area contributed by atoms with Gasteiger partial charge in [-0.3, -0.25) is 0 Å². The van der Waals surface area contributed by atoms with Crippen molar-refractivity contribution >= 4 is 0 Å². The number of fused-ring (bicyclic) bond motifs is 1. The summed E-state index contributed by atoms with van der Waals surface area (Å²) >= 11 is 0. The van der Waals surface area contributed by atoms with Crippen molar-refractivity contribution in [2.75, 3.05) is 6.61 Å². The van der Waals surface area contributed by atoms with Crippen LogP contribution in [0.3, 0.4) is 0 Å². The number of hydrogen-bond donors (Lipinski definition) is 1. The van der Waals surface area contributed by atoms with E-state index in [2.05, 4.69) is 57.3 Å². The van der Waals surface area contributed by atoms with Crippen molar-refractivity contribution in [3.8, 4) is 0 Å². The molecule has 4 atom stereocenters. The fourth-order valence-corrected chi connectivity index (χ4v) is 3.97. The second kappa shape index (κ2) is 4.60. The minimum absolute atomic E-state index is 0.263. The first-order valence-corrected chi connectivity index (χ1v) is 7.44. The van der Waals surface area contributed by atoms with Gasteiger partial charge in [0, 0.05) is 30.0 Å². The molecule has 0 amide bonds. The van der Waals surface area contributed by atoms with Crippen LogP contribution < -0.4 is 5.32 Å². The van der Waals surface area contributed by atoms with E-state index < -0.39 is 0 Å². The highest BCUT2D eigenvalue weighted by Gasteiger charge is 2.59. The molecule has 0 radical (unpaired) electrons. The van der Waals surface area contributed by atoms with Gasteiger partial charge in [-0.2, -0.15) is 0 Å². The van der Waals surface area contributed by atoms with Crippen molar-refractivity contribution in [2.24, 2.45) is 11.3 Å². The average molecular weight is 259 g/mol. The second-order valence-electron chi connectivity index (χ2n) is 6.85. The van der Waals surface area contributed by atoms with Crippen LogP contribution in [0.5, 0.6) is 0 Å². The standard InChI is InChI=1S/C17H25NO/c1-11-6-5-7-13(10-11)12(2)18-15-14-8-9-19-16(14)17(15,3)4/h5-7,10,12,14-16,18H,8-9H2,1-4H3/t12-,14?,15?,16?/m1/s1. The smallest absolute Gasteiger partial charge is 0.0685 e. The number of nitrogens with one attached hydrogen (secondary N) is 1. The van der Waals surface area contributed by atoms with Crippen LogP contribution in [0.2, 0.25) is 0 Å². The van der Waals surface area contributed by atoms with Crippen molar-refractivity contribution in [2.45, 2.75) is 52.3 Å². The van der Waals surface area contributed by atoms with Crippen molar-refractivity contribution in [3.63, 3.8) is 0 Å². The van der Waals surface area contributed by atoms with Gasteiger partial charge in [0.2, 0.25) is 0 Å². The number of rotatable bonds is 3. The quantitative estimate of drug-likeness (QED) is 0.897. The molecule has 2 heteroatoms. The van der Waals surface area contributed by atoms with E-state index in [9.17, 15) is 0 Å². The Labute approximate surface area is 116 Å². The largest absolute Gasteiger partial charge is 0.377 e. The monoisotopic (exact) mass is 259 g/mol. The zero-order valence-corrected chi connectivity index (χ0v) is 12.4. The summed E-state index contributed by atoms with van der Waals surface area (Å²) in [5.74, 6) is 0.710. The van der Waals surface area contributed by atoms with Gasteiger partial charge in [0.25, 0.3) is 0 Å². The van der Waals surface area contributed by atoms with E-state index in [0.717, 1.165) is 6.61 Å². The van der Waals surface area contributed by atoms with Crippen molar-refractivity contribution in [1.29, 1.82) is 0 Å². The Hall–Kier alpha value is -0.860. The Morgan fingerprint density at radius 3 is 2.89 bits per heavy atom. The van der Waals surface area contributed by atoms with Gasteiger partial charge in [0.05, 0.1) is 6.10 Å². The highest BCUT2D eigenvalue weighted by Crippen LogP contribution is 2.52. The summed E-state index contributed by atoms with van der Waals surface area (Å²) < 4.78 is 5.86. The van der Waals surface area contributed by atoms with E-state index >= 15 is 0 Å². The fraction of sp³-hybridized carbons (Fsp3) is 0.647. The van der Waals surface area contributed by atoms with E-state index in [1.54, 1.807) is 0 Å². The maximum absolute atomic E-state index is 5.86. The molecule has 3 rings (SSSR count). The third-order valence-corrected chi connectivity index (χ3v) is 5.07. The van der Waals surface area contributed by atoms with Crippen LogP contribution in [-0.2, 0) is 4.74 Å².